The second-order valence-corrected chi connectivity index (χ2v) is 11.2. The quantitative estimate of drug-likeness (QED) is 0.305. The molecule has 0 saturated carbocycles. The van der Waals surface area contributed by atoms with Crippen LogP contribution in [0.5, 0.6) is 5.75 Å². The second kappa shape index (κ2) is 13.5. The lowest BCUT2D eigenvalue weighted by molar-refractivity contribution is -0.134. The van der Waals surface area contributed by atoms with E-state index in [1.54, 1.807) is 25.2 Å². The first kappa shape index (κ1) is 31.4. The number of carboxylic acids is 2. The first-order chi connectivity index (χ1) is 19.4. The van der Waals surface area contributed by atoms with Gasteiger partial charge in [0.05, 0.1) is 22.8 Å². The SMILES string of the molecule is CCCc1nn(C)c2c(=O)[nH]c(-c3cc(S(=O)(=O)N4CCN(C)CC4)ccc3OCC)nc12.O=C(O)/C=C\C(=O)O. The molecule has 222 valence electrons. The van der Waals surface area contributed by atoms with Crippen molar-refractivity contribution in [3.8, 4) is 17.1 Å². The predicted octanol–water partition coefficient (Wildman–Crippen LogP) is 1.32. The number of hydrogen-bond acceptors (Lipinski definition) is 9. The molecule has 3 heterocycles. The fourth-order valence-corrected chi connectivity index (χ4v) is 5.68. The number of carboxylic acid groups (broad SMARTS) is 2. The van der Waals surface area contributed by atoms with E-state index in [0.29, 0.717) is 73.7 Å². The highest BCUT2D eigenvalue weighted by molar-refractivity contribution is 7.89. The number of aromatic amines is 1. The molecular formula is C26H34N6O8S. The largest absolute Gasteiger partial charge is 0.493 e. The second-order valence-electron chi connectivity index (χ2n) is 9.24. The van der Waals surface area contributed by atoms with Crippen molar-refractivity contribution < 1.29 is 33.0 Å². The molecule has 0 atom stereocenters. The summed E-state index contributed by atoms with van der Waals surface area (Å²) in [6.45, 7) is 6.48. The molecule has 15 heteroatoms. The average molecular weight is 591 g/mol. The van der Waals surface area contributed by atoms with Gasteiger partial charge in [0.15, 0.2) is 5.52 Å². The molecule has 2 aromatic heterocycles. The molecule has 0 spiro atoms. The Bertz CT molecular complexity index is 1590. The Labute approximate surface area is 236 Å². The zero-order valence-electron chi connectivity index (χ0n) is 23.3. The van der Waals surface area contributed by atoms with E-state index >= 15 is 0 Å². The van der Waals surface area contributed by atoms with Crippen LogP contribution in [0.25, 0.3) is 22.4 Å². The number of benzene rings is 1. The van der Waals surface area contributed by atoms with E-state index in [4.69, 9.17) is 19.9 Å². The number of aryl methyl sites for hydroxylation is 2. The van der Waals surface area contributed by atoms with E-state index in [9.17, 15) is 22.8 Å². The highest BCUT2D eigenvalue weighted by Crippen LogP contribution is 2.32. The Morgan fingerprint density at radius 1 is 1.07 bits per heavy atom. The molecule has 1 fully saturated rings. The third-order valence-electron chi connectivity index (χ3n) is 6.22. The molecule has 0 unspecified atom stereocenters. The van der Waals surface area contributed by atoms with Crippen LogP contribution in [0.2, 0.25) is 0 Å². The molecule has 0 bridgehead atoms. The number of carbonyl (C=O) groups is 2. The highest BCUT2D eigenvalue weighted by atomic mass is 32.2. The smallest absolute Gasteiger partial charge is 0.328 e. The van der Waals surface area contributed by atoms with Gasteiger partial charge in [-0.1, -0.05) is 13.3 Å². The van der Waals surface area contributed by atoms with Gasteiger partial charge in [0, 0.05) is 45.4 Å². The van der Waals surface area contributed by atoms with Gasteiger partial charge < -0.3 is 24.8 Å². The summed E-state index contributed by atoms with van der Waals surface area (Å²) < 4.78 is 35.4. The summed E-state index contributed by atoms with van der Waals surface area (Å²) >= 11 is 0. The summed E-state index contributed by atoms with van der Waals surface area (Å²) in [5, 5.41) is 20.1. The number of nitrogens with zero attached hydrogens (tertiary/aromatic N) is 5. The lowest BCUT2D eigenvalue weighted by Gasteiger charge is -2.31. The van der Waals surface area contributed by atoms with Crippen LogP contribution in [0.4, 0.5) is 0 Å². The van der Waals surface area contributed by atoms with Crippen LogP contribution in [-0.4, -0.2) is 99.4 Å². The molecule has 0 amide bonds. The van der Waals surface area contributed by atoms with Crippen molar-refractivity contribution in [1.29, 1.82) is 0 Å². The van der Waals surface area contributed by atoms with Crippen molar-refractivity contribution in [3.63, 3.8) is 0 Å². The Morgan fingerprint density at radius 2 is 1.71 bits per heavy atom. The van der Waals surface area contributed by atoms with Crippen LogP contribution in [-0.2, 0) is 33.1 Å². The number of nitrogens with one attached hydrogen (secondary N) is 1. The fourth-order valence-electron chi connectivity index (χ4n) is 4.24. The predicted molar refractivity (Wildman–Crippen MR) is 150 cm³/mol. The minimum atomic E-state index is -3.70. The van der Waals surface area contributed by atoms with Gasteiger partial charge in [0.2, 0.25) is 10.0 Å². The summed E-state index contributed by atoms with van der Waals surface area (Å²) in [6.07, 6.45) is 2.66. The Kier molecular flexibility index (Phi) is 10.4. The number of hydrogen-bond donors (Lipinski definition) is 3. The number of aromatic nitrogens is 4. The van der Waals surface area contributed by atoms with Crippen LogP contribution in [0.1, 0.15) is 26.0 Å². The lowest BCUT2D eigenvalue weighted by Crippen LogP contribution is -2.47. The first-order valence-electron chi connectivity index (χ1n) is 12.9. The Balaban J connectivity index is 0.000000507. The van der Waals surface area contributed by atoms with Crippen molar-refractivity contribution in [2.45, 2.75) is 31.6 Å². The van der Waals surface area contributed by atoms with Crippen LogP contribution >= 0.6 is 0 Å². The number of ether oxygens (including phenoxy) is 1. The molecule has 4 rings (SSSR count). The van der Waals surface area contributed by atoms with E-state index in [1.807, 2.05) is 20.9 Å². The number of H-pyrrole nitrogens is 1. The van der Waals surface area contributed by atoms with Gasteiger partial charge in [-0.3, -0.25) is 9.48 Å². The van der Waals surface area contributed by atoms with Gasteiger partial charge >= 0.3 is 11.9 Å². The molecule has 14 nitrogen and oxygen atoms in total. The first-order valence-corrected chi connectivity index (χ1v) is 14.4. The standard InChI is InChI=1S/C22H30N6O4S.C4H4O4/c1-5-7-17-19-20(27(4)25-17)22(29)24-21(23-19)16-14-15(8-9-18(16)32-6-2)33(30,31)28-12-10-26(3)11-13-28;5-3(6)1-2-4(7)8/h8-9,14H,5-7,10-13H2,1-4H3,(H,23,24,29);1-2H,(H,5,6)(H,7,8)/b;2-1-. The monoisotopic (exact) mass is 590 g/mol. The molecule has 1 aliphatic rings. The van der Waals surface area contributed by atoms with Gasteiger partial charge in [-0.15, -0.1) is 0 Å². The Hall–Kier alpha value is -4.08. The van der Waals surface area contributed by atoms with Crippen LogP contribution in [0, 0.1) is 0 Å². The number of piperazine rings is 1. The van der Waals surface area contributed by atoms with Gasteiger partial charge in [-0.05, 0) is 38.6 Å². The van der Waals surface area contributed by atoms with Crippen molar-refractivity contribution in [2.24, 2.45) is 7.05 Å². The zero-order valence-corrected chi connectivity index (χ0v) is 24.1. The number of rotatable bonds is 9. The summed E-state index contributed by atoms with van der Waals surface area (Å²) in [5.74, 6) is -1.80. The van der Waals surface area contributed by atoms with E-state index < -0.39 is 22.0 Å². The van der Waals surface area contributed by atoms with E-state index in [-0.39, 0.29) is 16.3 Å². The average Bonchev–Trinajstić information content (AvgIpc) is 3.24. The highest BCUT2D eigenvalue weighted by Gasteiger charge is 2.29. The molecule has 41 heavy (non-hydrogen) atoms. The van der Waals surface area contributed by atoms with E-state index in [2.05, 4.69) is 15.0 Å². The number of likely N-dealkylation sites (N-methyl/N-ethyl adjacent to an activating group) is 1. The maximum atomic E-state index is 13.3. The zero-order chi connectivity index (χ0) is 30.3. The third-order valence-corrected chi connectivity index (χ3v) is 8.12. The molecule has 1 aliphatic heterocycles. The molecule has 3 aromatic rings. The van der Waals surface area contributed by atoms with Crippen LogP contribution < -0.4 is 10.3 Å². The minimum absolute atomic E-state index is 0.147. The molecule has 1 saturated heterocycles. The van der Waals surface area contributed by atoms with Crippen LogP contribution in [0.3, 0.4) is 0 Å². The van der Waals surface area contributed by atoms with Gasteiger partial charge in [0.1, 0.15) is 17.1 Å². The van der Waals surface area contributed by atoms with Crippen LogP contribution in [0.15, 0.2) is 40.0 Å². The van der Waals surface area contributed by atoms with E-state index in [0.717, 1.165) is 12.1 Å². The maximum absolute atomic E-state index is 13.3. The van der Waals surface area contributed by atoms with Crippen molar-refractivity contribution in [2.75, 3.05) is 39.8 Å². The molecule has 3 N–H and O–H groups in total. The number of fused-ring (bicyclic) bond motifs is 1. The fraction of sp³-hybridized carbons (Fsp3) is 0.423. The van der Waals surface area contributed by atoms with Crippen molar-refractivity contribution >= 4 is 33.0 Å². The molecule has 0 aliphatic carbocycles. The van der Waals surface area contributed by atoms with E-state index in [1.165, 1.54) is 8.99 Å². The molecule has 0 radical (unpaired) electrons. The molecule has 1 aromatic carbocycles. The minimum Gasteiger partial charge on any atom is -0.493 e. The topological polar surface area (TPSA) is 188 Å². The number of aliphatic carboxylic acids is 2. The Morgan fingerprint density at radius 3 is 2.27 bits per heavy atom. The maximum Gasteiger partial charge on any atom is 0.328 e. The summed E-state index contributed by atoms with van der Waals surface area (Å²) in [7, 11) is -0.00831. The summed E-state index contributed by atoms with van der Waals surface area (Å²) in [6, 6.07) is 4.71. The number of sulfonamides is 1. The normalized spacial score (nSPS) is 14.6. The van der Waals surface area contributed by atoms with Crippen molar-refractivity contribution in [1.82, 2.24) is 29.0 Å². The lowest BCUT2D eigenvalue weighted by atomic mass is 10.1. The van der Waals surface area contributed by atoms with Gasteiger partial charge in [-0.2, -0.15) is 9.40 Å². The van der Waals surface area contributed by atoms with Gasteiger partial charge in [-0.25, -0.2) is 23.0 Å². The third kappa shape index (κ3) is 7.56. The molecular weight excluding hydrogens is 556 g/mol. The summed E-state index contributed by atoms with van der Waals surface area (Å²) in [5.41, 5.74) is 1.75. The van der Waals surface area contributed by atoms with Crippen molar-refractivity contribution in [3.05, 3.63) is 46.4 Å². The summed E-state index contributed by atoms with van der Waals surface area (Å²) in [4.78, 5) is 41.8. The van der Waals surface area contributed by atoms with Gasteiger partial charge in [0.25, 0.3) is 5.56 Å².